The molecule has 1 N–H and O–H groups in total. The Morgan fingerprint density at radius 3 is 2.63 bits per heavy atom. The number of para-hydroxylation sites is 1. The summed E-state index contributed by atoms with van der Waals surface area (Å²) >= 11 is 1.76. The van der Waals surface area contributed by atoms with Gasteiger partial charge in [-0.1, -0.05) is 30.3 Å². The Kier molecular flexibility index (Phi) is 3.56. The van der Waals surface area contributed by atoms with Gasteiger partial charge in [0.1, 0.15) is 0 Å². The molecule has 19 heavy (non-hydrogen) atoms. The molecule has 3 aromatic rings. The van der Waals surface area contributed by atoms with Crippen molar-refractivity contribution in [2.45, 2.75) is 6.54 Å². The Bertz CT molecular complexity index is 633. The number of pyridine rings is 1. The molecular weight excluding hydrogens is 252 g/mol. The van der Waals surface area contributed by atoms with Crippen LogP contribution in [0.2, 0.25) is 0 Å². The van der Waals surface area contributed by atoms with Crippen molar-refractivity contribution < 1.29 is 0 Å². The summed E-state index contributed by atoms with van der Waals surface area (Å²) in [6.07, 6.45) is 1.82. The van der Waals surface area contributed by atoms with Crippen LogP contribution >= 0.6 is 11.3 Å². The summed E-state index contributed by atoms with van der Waals surface area (Å²) in [4.78, 5) is 5.61. The number of anilines is 1. The fraction of sp³-hybridized carbons (Fsp3) is 0.0625. The highest BCUT2D eigenvalue weighted by atomic mass is 32.1. The molecule has 0 amide bonds. The number of hydrogen-bond acceptors (Lipinski definition) is 3. The summed E-state index contributed by atoms with van der Waals surface area (Å²) in [5.74, 6) is 0. The van der Waals surface area contributed by atoms with Crippen molar-refractivity contribution in [3.63, 3.8) is 0 Å². The maximum atomic E-state index is 4.33. The van der Waals surface area contributed by atoms with E-state index in [4.69, 9.17) is 0 Å². The van der Waals surface area contributed by atoms with Gasteiger partial charge in [0, 0.05) is 22.3 Å². The van der Waals surface area contributed by atoms with Crippen LogP contribution in [-0.4, -0.2) is 4.98 Å². The Hall–Kier alpha value is -2.13. The largest absolute Gasteiger partial charge is 0.379 e. The minimum absolute atomic E-state index is 0.739. The lowest BCUT2D eigenvalue weighted by Crippen LogP contribution is -2.02. The van der Waals surface area contributed by atoms with E-state index in [1.54, 1.807) is 11.3 Å². The summed E-state index contributed by atoms with van der Waals surface area (Å²) in [7, 11) is 0. The Morgan fingerprint density at radius 1 is 0.947 bits per heavy atom. The second-order valence-corrected chi connectivity index (χ2v) is 5.15. The molecule has 0 aliphatic heterocycles. The van der Waals surface area contributed by atoms with Gasteiger partial charge in [-0.15, -0.1) is 11.3 Å². The molecule has 0 saturated carbocycles. The first-order valence-corrected chi connectivity index (χ1v) is 7.08. The van der Waals surface area contributed by atoms with Gasteiger partial charge in [0.05, 0.1) is 12.2 Å². The van der Waals surface area contributed by atoms with Crippen LogP contribution in [0.4, 0.5) is 5.69 Å². The average molecular weight is 266 g/mol. The molecule has 2 aromatic heterocycles. The summed E-state index contributed by atoms with van der Waals surface area (Å²) in [6, 6.07) is 18.6. The van der Waals surface area contributed by atoms with Crippen molar-refractivity contribution in [2.75, 3.05) is 5.32 Å². The zero-order valence-electron chi connectivity index (χ0n) is 10.4. The lowest BCUT2D eigenvalue weighted by Gasteiger charge is -2.10. The first-order valence-electron chi connectivity index (χ1n) is 6.20. The standard InChI is InChI=1S/C16H14N2S/c1-2-8-15(14(7-1)16-9-5-11-19-16)18-12-13-6-3-4-10-17-13/h1-11,18H,12H2. The maximum Gasteiger partial charge on any atom is 0.0594 e. The minimum Gasteiger partial charge on any atom is -0.379 e. The molecule has 3 heteroatoms. The third kappa shape index (κ3) is 2.83. The summed E-state index contributed by atoms with van der Waals surface area (Å²) in [6.45, 7) is 0.739. The van der Waals surface area contributed by atoms with Crippen LogP contribution in [0.5, 0.6) is 0 Å². The predicted molar refractivity (Wildman–Crippen MR) is 81.3 cm³/mol. The number of rotatable bonds is 4. The molecule has 94 valence electrons. The summed E-state index contributed by atoms with van der Waals surface area (Å²) in [5.41, 5.74) is 3.44. The van der Waals surface area contributed by atoms with Gasteiger partial charge in [-0.25, -0.2) is 0 Å². The van der Waals surface area contributed by atoms with Gasteiger partial charge in [-0.05, 0) is 29.6 Å². The number of hydrogen-bond donors (Lipinski definition) is 1. The molecule has 2 heterocycles. The smallest absolute Gasteiger partial charge is 0.0594 e. The van der Waals surface area contributed by atoms with Gasteiger partial charge in [0.2, 0.25) is 0 Å². The first-order chi connectivity index (χ1) is 9.43. The quantitative estimate of drug-likeness (QED) is 0.756. The van der Waals surface area contributed by atoms with E-state index in [2.05, 4.69) is 52.1 Å². The highest BCUT2D eigenvalue weighted by molar-refractivity contribution is 7.13. The van der Waals surface area contributed by atoms with E-state index in [1.807, 2.05) is 24.4 Å². The van der Waals surface area contributed by atoms with Crippen LogP contribution in [0.25, 0.3) is 10.4 Å². The molecule has 0 aliphatic carbocycles. The molecule has 0 bridgehead atoms. The van der Waals surface area contributed by atoms with Gasteiger partial charge in [-0.2, -0.15) is 0 Å². The third-order valence-corrected chi connectivity index (χ3v) is 3.80. The zero-order valence-corrected chi connectivity index (χ0v) is 11.2. The third-order valence-electron chi connectivity index (χ3n) is 2.90. The molecular formula is C16H14N2S. The van der Waals surface area contributed by atoms with Crippen LogP contribution in [0, 0.1) is 0 Å². The van der Waals surface area contributed by atoms with E-state index in [0.717, 1.165) is 17.9 Å². The molecule has 2 nitrogen and oxygen atoms in total. The Balaban J connectivity index is 1.82. The fourth-order valence-electron chi connectivity index (χ4n) is 1.97. The average Bonchev–Trinajstić information content (AvgIpc) is 3.01. The molecule has 0 fully saturated rings. The zero-order chi connectivity index (χ0) is 12.9. The predicted octanol–water partition coefficient (Wildman–Crippen LogP) is 4.42. The van der Waals surface area contributed by atoms with Crippen molar-refractivity contribution >= 4 is 17.0 Å². The van der Waals surface area contributed by atoms with Gasteiger partial charge in [0.25, 0.3) is 0 Å². The van der Waals surface area contributed by atoms with Crippen LogP contribution in [0.3, 0.4) is 0 Å². The SMILES string of the molecule is c1ccc(CNc2ccccc2-c2cccs2)nc1. The molecule has 0 unspecified atom stereocenters. The minimum atomic E-state index is 0.739. The van der Waals surface area contributed by atoms with Crippen LogP contribution in [-0.2, 0) is 6.54 Å². The van der Waals surface area contributed by atoms with Crippen LogP contribution < -0.4 is 5.32 Å². The first kappa shape index (κ1) is 11.9. The molecule has 0 saturated heterocycles. The molecule has 0 atom stereocenters. The maximum absolute atomic E-state index is 4.33. The van der Waals surface area contributed by atoms with Crippen LogP contribution in [0.15, 0.2) is 66.2 Å². The van der Waals surface area contributed by atoms with E-state index >= 15 is 0 Å². The number of nitrogens with one attached hydrogen (secondary N) is 1. The van der Waals surface area contributed by atoms with Crippen molar-refractivity contribution in [1.82, 2.24) is 4.98 Å². The monoisotopic (exact) mass is 266 g/mol. The number of aromatic nitrogens is 1. The van der Waals surface area contributed by atoms with Crippen molar-refractivity contribution in [3.05, 3.63) is 71.9 Å². The molecule has 0 spiro atoms. The van der Waals surface area contributed by atoms with E-state index < -0.39 is 0 Å². The van der Waals surface area contributed by atoms with E-state index in [1.165, 1.54) is 10.4 Å². The van der Waals surface area contributed by atoms with Gasteiger partial charge in [0.15, 0.2) is 0 Å². The van der Waals surface area contributed by atoms with Crippen molar-refractivity contribution in [1.29, 1.82) is 0 Å². The number of thiophene rings is 1. The molecule has 1 aromatic carbocycles. The second kappa shape index (κ2) is 5.67. The van der Waals surface area contributed by atoms with Gasteiger partial charge >= 0.3 is 0 Å². The molecule has 0 radical (unpaired) electrons. The molecule has 3 rings (SSSR count). The van der Waals surface area contributed by atoms with E-state index in [9.17, 15) is 0 Å². The van der Waals surface area contributed by atoms with Crippen LogP contribution in [0.1, 0.15) is 5.69 Å². The highest BCUT2D eigenvalue weighted by Crippen LogP contribution is 2.31. The lowest BCUT2D eigenvalue weighted by atomic mass is 10.1. The normalized spacial score (nSPS) is 10.3. The van der Waals surface area contributed by atoms with Crippen molar-refractivity contribution in [2.24, 2.45) is 0 Å². The number of benzene rings is 1. The second-order valence-electron chi connectivity index (χ2n) is 4.20. The lowest BCUT2D eigenvalue weighted by molar-refractivity contribution is 1.05. The Morgan fingerprint density at radius 2 is 1.84 bits per heavy atom. The highest BCUT2D eigenvalue weighted by Gasteiger charge is 2.05. The number of nitrogens with zero attached hydrogens (tertiary/aromatic N) is 1. The fourth-order valence-corrected chi connectivity index (χ4v) is 2.74. The summed E-state index contributed by atoms with van der Waals surface area (Å²) < 4.78 is 0. The van der Waals surface area contributed by atoms with Crippen molar-refractivity contribution in [3.8, 4) is 10.4 Å². The molecule has 0 aliphatic rings. The van der Waals surface area contributed by atoms with E-state index in [-0.39, 0.29) is 0 Å². The van der Waals surface area contributed by atoms with E-state index in [0.29, 0.717) is 0 Å². The Labute approximate surface area is 116 Å². The summed E-state index contributed by atoms with van der Waals surface area (Å²) in [5, 5.41) is 5.56. The van der Waals surface area contributed by atoms with Gasteiger partial charge < -0.3 is 5.32 Å². The topological polar surface area (TPSA) is 24.9 Å². The van der Waals surface area contributed by atoms with Gasteiger partial charge in [-0.3, -0.25) is 4.98 Å².